The van der Waals surface area contributed by atoms with Gasteiger partial charge in [0.05, 0.1) is 11.9 Å². The van der Waals surface area contributed by atoms with E-state index in [4.69, 9.17) is 14.0 Å². The maximum atomic E-state index is 12.5. The van der Waals surface area contributed by atoms with E-state index < -0.39 is 10.0 Å². The standard InChI is InChI=1S/C17H16N4O5S/c1-10-17(11(2)26-20-10)27(22,23)21-16-6-4-13(8-18-16)19-12-3-5-14-15(7-12)25-9-24-14/h3-8,19H,9H2,1-2H3,(H,18,21). The number of hydrogen-bond acceptors (Lipinski definition) is 8. The van der Waals surface area contributed by atoms with Gasteiger partial charge in [0.1, 0.15) is 11.5 Å². The van der Waals surface area contributed by atoms with Crippen molar-refractivity contribution in [1.29, 1.82) is 0 Å². The molecule has 0 bridgehead atoms. The Kier molecular flexibility index (Phi) is 4.11. The summed E-state index contributed by atoms with van der Waals surface area (Å²) in [5.41, 5.74) is 1.78. The molecule has 0 fully saturated rings. The van der Waals surface area contributed by atoms with Crippen molar-refractivity contribution >= 4 is 27.2 Å². The Labute approximate surface area is 155 Å². The normalized spacial score (nSPS) is 12.8. The third kappa shape index (κ3) is 3.38. The summed E-state index contributed by atoms with van der Waals surface area (Å²) < 4.78 is 42.9. The Morgan fingerprint density at radius 1 is 1.04 bits per heavy atom. The van der Waals surface area contributed by atoms with Crippen LogP contribution in [-0.2, 0) is 10.0 Å². The van der Waals surface area contributed by atoms with Crippen LogP contribution in [0.5, 0.6) is 11.5 Å². The Morgan fingerprint density at radius 3 is 2.52 bits per heavy atom. The molecule has 0 saturated heterocycles. The molecule has 0 aliphatic carbocycles. The fourth-order valence-electron chi connectivity index (χ4n) is 2.72. The highest BCUT2D eigenvalue weighted by Crippen LogP contribution is 2.35. The fraction of sp³-hybridized carbons (Fsp3) is 0.176. The van der Waals surface area contributed by atoms with Crippen LogP contribution >= 0.6 is 0 Å². The number of aryl methyl sites for hydroxylation is 2. The number of rotatable bonds is 5. The molecule has 1 aliphatic rings. The first-order valence-corrected chi connectivity index (χ1v) is 9.49. The van der Waals surface area contributed by atoms with Gasteiger partial charge in [-0.2, -0.15) is 0 Å². The van der Waals surface area contributed by atoms with Gasteiger partial charge in [-0.05, 0) is 38.1 Å². The van der Waals surface area contributed by atoms with Crippen LogP contribution in [0.1, 0.15) is 11.5 Å². The number of benzene rings is 1. The van der Waals surface area contributed by atoms with Crippen LogP contribution in [0.15, 0.2) is 45.9 Å². The number of anilines is 3. The van der Waals surface area contributed by atoms with Gasteiger partial charge < -0.3 is 19.3 Å². The minimum Gasteiger partial charge on any atom is -0.454 e. The largest absolute Gasteiger partial charge is 0.454 e. The lowest BCUT2D eigenvalue weighted by molar-refractivity contribution is 0.174. The summed E-state index contributed by atoms with van der Waals surface area (Å²) in [6.45, 7) is 3.32. The van der Waals surface area contributed by atoms with Gasteiger partial charge in [0, 0.05) is 11.8 Å². The lowest BCUT2D eigenvalue weighted by Gasteiger charge is -2.09. The minimum atomic E-state index is -3.83. The highest BCUT2D eigenvalue weighted by atomic mass is 32.2. The summed E-state index contributed by atoms with van der Waals surface area (Å²) in [5, 5.41) is 6.84. The van der Waals surface area contributed by atoms with Gasteiger partial charge in [-0.25, -0.2) is 13.4 Å². The molecule has 0 unspecified atom stereocenters. The van der Waals surface area contributed by atoms with E-state index in [1.54, 1.807) is 26.0 Å². The maximum Gasteiger partial charge on any atom is 0.268 e. The average molecular weight is 388 g/mol. The van der Waals surface area contributed by atoms with Crippen LogP contribution in [0.3, 0.4) is 0 Å². The topological polar surface area (TPSA) is 116 Å². The second-order valence-electron chi connectivity index (χ2n) is 5.88. The molecule has 3 aromatic rings. The van der Waals surface area contributed by atoms with E-state index in [1.165, 1.54) is 6.20 Å². The van der Waals surface area contributed by atoms with Crippen molar-refractivity contribution in [2.75, 3.05) is 16.8 Å². The predicted octanol–water partition coefficient (Wildman–Crippen LogP) is 2.96. The number of ether oxygens (including phenoxy) is 2. The van der Waals surface area contributed by atoms with Crippen molar-refractivity contribution in [3.8, 4) is 11.5 Å². The highest BCUT2D eigenvalue weighted by molar-refractivity contribution is 7.92. The molecule has 9 nitrogen and oxygen atoms in total. The Balaban J connectivity index is 1.49. The van der Waals surface area contributed by atoms with Crippen LogP contribution in [-0.4, -0.2) is 25.4 Å². The second kappa shape index (κ2) is 6.47. The summed E-state index contributed by atoms with van der Waals surface area (Å²) >= 11 is 0. The molecule has 10 heteroatoms. The second-order valence-corrected chi connectivity index (χ2v) is 7.50. The highest BCUT2D eigenvalue weighted by Gasteiger charge is 2.24. The Hall–Kier alpha value is -3.27. The minimum absolute atomic E-state index is 0.0202. The van der Waals surface area contributed by atoms with Crippen LogP contribution in [0.2, 0.25) is 0 Å². The number of nitrogens with zero attached hydrogens (tertiary/aromatic N) is 2. The van der Waals surface area contributed by atoms with Crippen molar-refractivity contribution in [3.05, 3.63) is 48.0 Å². The lowest BCUT2D eigenvalue weighted by Crippen LogP contribution is -2.15. The molecule has 1 aliphatic heterocycles. The molecule has 3 heterocycles. The Bertz CT molecular complexity index is 1070. The summed E-state index contributed by atoms with van der Waals surface area (Å²) in [7, 11) is -3.83. The van der Waals surface area contributed by atoms with Crippen LogP contribution in [0, 0.1) is 13.8 Å². The number of pyridine rings is 1. The van der Waals surface area contributed by atoms with Crippen molar-refractivity contribution in [2.45, 2.75) is 18.7 Å². The van der Waals surface area contributed by atoms with E-state index in [1.807, 2.05) is 18.2 Å². The quantitative estimate of drug-likeness (QED) is 0.685. The van der Waals surface area contributed by atoms with Gasteiger partial charge in [0.25, 0.3) is 10.0 Å². The van der Waals surface area contributed by atoms with Gasteiger partial charge in [-0.3, -0.25) is 4.72 Å². The molecule has 2 aromatic heterocycles. The van der Waals surface area contributed by atoms with Gasteiger partial charge in [-0.1, -0.05) is 5.16 Å². The predicted molar refractivity (Wildman–Crippen MR) is 96.9 cm³/mol. The first-order chi connectivity index (χ1) is 12.9. The molecule has 1 aromatic carbocycles. The summed E-state index contributed by atoms with van der Waals surface area (Å²) in [6.07, 6.45) is 1.52. The molecule has 0 saturated carbocycles. The smallest absolute Gasteiger partial charge is 0.268 e. The molecule has 140 valence electrons. The van der Waals surface area contributed by atoms with E-state index in [2.05, 4.69) is 20.2 Å². The zero-order valence-corrected chi connectivity index (χ0v) is 15.3. The van der Waals surface area contributed by atoms with Gasteiger partial charge >= 0.3 is 0 Å². The number of nitrogens with one attached hydrogen (secondary N) is 2. The van der Waals surface area contributed by atoms with E-state index in [9.17, 15) is 8.42 Å². The van der Waals surface area contributed by atoms with E-state index in [0.29, 0.717) is 22.9 Å². The van der Waals surface area contributed by atoms with E-state index in [-0.39, 0.29) is 23.3 Å². The molecular weight excluding hydrogens is 372 g/mol. The first kappa shape index (κ1) is 17.2. The molecule has 27 heavy (non-hydrogen) atoms. The molecule has 2 N–H and O–H groups in total. The van der Waals surface area contributed by atoms with Crippen LogP contribution in [0.4, 0.5) is 17.2 Å². The zero-order valence-electron chi connectivity index (χ0n) is 14.5. The van der Waals surface area contributed by atoms with E-state index >= 15 is 0 Å². The monoisotopic (exact) mass is 388 g/mol. The molecular formula is C17H16N4O5S. The van der Waals surface area contributed by atoms with Crippen LogP contribution in [0.25, 0.3) is 0 Å². The number of fused-ring (bicyclic) bond motifs is 1. The summed E-state index contributed by atoms with van der Waals surface area (Å²) in [6, 6.07) is 8.75. The number of sulfonamides is 1. The number of aromatic nitrogens is 2. The van der Waals surface area contributed by atoms with Gasteiger partial charge in [0.2, 0.25) is 6.79 Å². The van der Waals surface area contributed by atoms with Crippen LogP contribution < -0.4 is 19.5 Å². The summed E-state index contributed by atoms with van der Waals surface area (Å²) in [4.78, 5) is 4.16. The maximum absolute atomic E-state index is 12.5. The third-order valence-electron chi connectivity index (χ3n) is 3.90. The van der Waals surface area contributed by atoms with E-state index in [0.717, 1.165) is 5.69 Å². The zero-order chi connectivity index (χ0) is 19.0. The van der Waals surface area contributed by atoms with Gasteiger partial charge in [-0.15, -0.1) is 0 Å². The molecule has 4 rings (SSSR count). The average Bonchev–Trinajstić information content (AvgIpc) is 3.22. The van der Waals surface area contributed by atoms with Crippen molar-refractivity contribution in [1.82, 2.24) is 10.1 Å². The molecule has 0 amide bonds. The van der Waals surface area contributed by atoms with Crippen molar-refractivity contribution < 1.29 is 22.4 Å². The molecule has 0 radical (unpaired) electrons. The van der Waals surface area contributed by atoms with Crippen molar-refractivity contribution in [3.63, 3.8) is 0 Å². The number of hydrogen-bond donors (Lipinski definition) is 2. The summed E-state index contributed by atoms with van der Waals surface area (Å²) in [5.74, 6) is 1.77. The fourth-order valence-corrected chi connectivity index (χ4v) is 4.06. The van der Waals surface area contributed by atoms with Gasteiger partial charge in [0.15, 0.2) is 22.2 Å². The molecule has 0 spiro atoms. The lowest BCUT2D eigenvalue weighted by atomic mass is 10.2. The SMILES string of the molecule is Cc1noc(C)c1S(=O)(=O)Nc1ccc(Nc2ccc3c(c2)OCO3)cn1. The van der Waals surface area contributed by atoms with Crippen molar-refractivity contribution in [2.24, 2.45) is 0 Å². The first-order valence-electron chi connectivity index (χ1n) is 8.01. The third-order valence-corrected chi connectivity index (χ3v) is 5.50. The molecule has 0 atom stereocenters. The Morgan fingerprint density at radius 2 is 1.81 bits per heavy atom.